The molecule has 10 heteroatoms. The number of para-hydroxylation sites is 1. The van der Waals surface area contributed by atoms with Gasteiger partial charge in [0.05, 0.1) is 29.5 Å². The SMILES string of the molecule is COc1ccc(CC(=O)N2CCCN(C(C)C)CCN(C(=O)c3sc4nc(C)[nH]c(=O)c4c3C)Cc3cccc(C)c32)cc1. The minimum atomic E-state index is -0.226. The van der Waals surface area contributed by atoms with Crippen LogP contribution in [-0.4, -0.2) is 70.9 Å². The van der Waals surface area contributed by atoms with Crippen LogP contribution in [-0.2, 0) is 17.8 Å². The van der Waals surface area contributed by atoms with Crippen LogP contribution >= 0.6 is 11.3 Å². The third-order valence-electron chi connectivity index (χ3n) is 8.38. The van der Waals surface area contributed by atoms with E-state index in [1.807, 2.05) is 66.1 Å². The molecule has 0 saturated heterocycles. The Morgan fingerprint density at radius 1 is 1.02 bits per heavy atom. The van der Waals surface area contributed by atoms with E-state index >= 15 is 0 Å². The van der Waals surface area contributed by atoms with Gasteiger partial charge >= 0.3 is 0 Å². The van der Waals surface area contributed by atoms with Gasteiger partial charge in [0.25, 0.3) is 11.5 Å². The number of amides is 2. The number of hydrogen-bond donors (Lipinski definition) is 1. The molecule has 0 atom stereocenters. The first kappa shape index (κ1) is 31.4. The summed E-state index contributed by atoms with van der Waals surface area (Å²) in [5.41, 5.74) is 4.12. The number of carbonyl (C=O) groups is 2. The van der Waals surface area contributed by atoms with E-state index in [9.17, 15) is 14.4 Å². The number of methoxy groups -OCH3 is 1. The summed E-state index contributed by atoms with van der Waals surface area (Å²) in [6, 6.07) is 13.9. The Bertz CT molecular complexity index is 1730. The summed E-state index contributed by atoms with van der Waals surface area (Å²) in [6.45, 7) is 12.8. The summed E-state index contributed by atoms with van der Waals surface area (Å²) in [5, 5.41) is 0.470. The van der Waals surface area contributed by atoms with Gasteiger partial charge in [0, 0.05) is 38.8 Å². The maximum atomic E-state index is 14.3. The molecule has 9 nitrogen and oxygen atoms in total. The van der Waals surface area contributed by atoms with Gasteiger partial charge in [-0.2, -0.15) is 0 Å². The Morgan fingerprint density at radius 2 is 1.77 bits per heavy atom. The second kappa shape index (κ2) is 13.3. The van der Waals surface area contributed by atoms with Gasteiger partial charge in [0.2, 0.25) is 5.91 Å². The van der Waals surface area contributed by atoms with Gasteiger partial charge in [-0.15, -0.1) is 11.3 Å². The van der Waals surface area contributed by atoms with Crippen LogP contribution in [0.5, 0.6) is 5.75 Å². The molecule has 0 saturated carbocycles. The first-order chi connectivity index (χ1) is 21.1. The highest BCUT2D eigenvalue weighted by molar-refractivity contribution is 7.20. The Morgan fingerprint density at radius 3 is 2.48 bits per heavy atom. The zero-order valence-electron chi connectivity index (χ0n) is 26.4. The third kappa shape index (κ3) is 6.56. The van der Waals surface area contributed by atoms with Crippen LogP contribution in [0, 0.1) is 20.8 Å². The lowest BCUT2D eigenvalue weighted by Gasteiger charge is -2.30. The number of benzene rings is 2. The molecule has 1 aliphatic heterocycles. The van der Waals surface area contributed by atoms with E-state index in [2.05, 4.69) is 28.7 Å². The van der Waals surface area contributed by atoms with E-state index in [0.717, 1.165) is 41.1 Å². The second-order valence-electron chi connectivity index (χ2n) is 11.8. The Kier molecular flexibility index (Phi) is 9.51. The number of aryl methyl sites for hydroxylation is 3. The number of H-pyrrole nitrogens is 1. The number of nitrogens with one attached hydrogen (secondary N) is 1. The molecule has 0 aliphatic carbocycles. The first-order valence-electron chi connectivity index (χ1n) is 15.1. The molecule has 0 radical (unpaired) electrons. The highest BCUT2D eigenvalue weighted by atomic mass is 32.1. The van der Waals surface area contributed by atoms with Crippen molar-refractivity contribution in [1.82, 2.24) is 19.8 Å². The number of anilines is 1. The lowest BCUT2D eigenvalue weighted by molar-refractivity contribution is -0.118. The van der Waals surface area contributed by atoms with E-state index < -0.39 is 0 Å². The molecular weight excluding hydrogens is 574 g/mol. The summed E-state index contributed by atoms with van der Waals surface area (Å²) in [4.78, 5) is 55.6. The summed E-state index contributed by atoms with van der Waals surface area (Å²) in [7, 11) is 1.63. The quantitative estimate of drug-likeness (QED) is 0.329. The Balaban J connectivity index is 1.54. The molecule has 44 heavy (non-hydrogen) atoms. The molecule has 5 rings (SSSR count). The van der Waals surface area contributed by atoms with Crippen LogP contribution < -0.4 is 15.2 Å². The van der Waals surface area contributed by atoms with Gasteiger partial charge in [-0.3, -0.25) is 19.3 Å². The van der Waals surface area contributed by atoms with Gasteiger partial charge in [0.15, 0.2) is 0 Å². The number of nitrogens with zero attached hydrogens (tertiary/aromatic N) is 4. The molecular formula is C34H41N5O4S. The molecule has 3 heterocycles. The highest BCUT2D eigenvalue weighted by Gasteiger charge is 2.28. The second-order valence-corrected chi connectivity index (χ2v) is 12.7. The highest BCUT2D eigenvalue weighted by Crippen LogP contribution is 2.32. The molecule has 0 fully saturated rings. The van der Waals surface area contributed by atoms with Crippen molar-refractivity contribution in [3.63, 3.8) is 0 Å². The molecule has 1 N–H and O–H groups in total. The lowest BCUT2D eigenvalue weighted by atomic mass is 10.0. The fourth-order valence-electron chi connectivity index (χ4n) is 5.97. The Hall–Kier alpha value is -4.02. The maximum Gasteiger partial charge on any atom is 0.264 e. The molecule has 0 bridgehead atoms. The zero-order chi connectivity index (χ0) is 31.5. The average molecular weight is 616 g/mol. The average Bonchev–Trinajstić information content (AvgIpc) is 3.30. The van der Waals surface area contributed by atoms with Gasteiger partial charge in [-0.05, 0) is 75.4 Å². The van der Waals surface area contributed by atoms with Crippen molar-refractivity contribution < 1.29 is 14.3 Å². The molecule has 0 unspecified atom stereocenters. The molecule has 1 aliphatic rings. The third-order valence-corrected chi connectivity index (χ3v) is 9.56. The first-order valence-corrected chi connectivity index (χ1v) is 15.9. The number of aromatic nitrogens is 2. The summed E-state index contributed by atoms with van der Waals surface area (Å²) >= 11 is 1.27. The summed E-state index contributed by atoms with van der Waals surface area (Å²) in [6.07, 6.45) is 1.06. The monoisotopic (exact) mass is 615 g/mol. The lowest BCUT2D eigenvalue weighted by Crippen LogP contribution is -2.41. The van der Waals surface area contributed by atoms with Crippen LogP contribution in [0.2, 0.25) is 0 Å². The molecule has 232 valence electrons. The van der Waals surface area contributed by atoms with Crippen molar-refractivity contribution in [2.24, 2.45) is 0 Å². The van der Waals surface area contributed by atoms with Gasteiger partial charge in [0.1, 0.15) is 16.4 Å². The summed E-state index contributed by atoms with van der Waals surface area (Å²) in [5.74, 6) is 1.16. The van der Waals surface area contributed by atoms with E-state index in [1.54, 1.807) is 14.0 Å². The Labute approximate surface area is 262 Å². The molecule has 4 aromatic rings. The number of fused-ring (bicyclic) bond motifs is 2. The molecule has 0 spiro atoms. The standard InChI is InChI=1S/C34H41N5O4S/c1-21(2)37-15-8-16-39(28(40)19-25-11-13-27(43-6)14-12-25)30-22(3)9-7-10-26(30)20-38(18-17-37)34(42)31-23(4)29-32(41)35-24(5)36-33(29)44-31/h7,9-14,21H,8,15-20H2,1-6H3,(H,35,36,41). The van der Waals surface area contributed by atoms with Crippen molar-refractivity contribution in [3.8, 4) is 5.75 Å². The van der Waals surface area contributed by atoms with E-state index in [4.69, 9.17) is 4.74 Å². The minimum Gasteiger partial charge on any atom is -0.497 e. The van der Waals surface area contributed by atoms with Crippen molar-refractivity contribution in [2.75, 3.05) is 38.2 Å². The predicted octanol–water partition coefficient (Wildman–Crippen LogP) is 5.25. The van der Waals surface area contributed by atoms with Crippen LogP contribution in [0.25, 0.3) is 10.2 Å². The predicted molar refractivity (Wildman–Crippen MR) is 176 cm³/mol. The molecule has 2 aromatic heterocycles. The van der Waals surface area contributed by atoms with Crippen molar-refractivity contribution in [2.45, 2.75) is 60.0 Å². The molecule has 2 amide bonds. The van der Waals surface area contributed by atoms with E-state index in [0.29, 0.717) is 52.7 Å². The van der Waals surface area contributed by atoms with Crippen molar-refractivity contribution >= 4 is 39.1 Å². The van der Waals surface area contributed by atoms with E-state index in [1.165, 1.54) is 11.3 Å². The topological polar surface area (TPSA) is 98.8 Å². The van der Waals surface area contributed by atoms with Crippen molar-refractivity contribution in [1.29, 1.82) is 0 Å². The normalized spacial score (nSPS) is 14.9. The number of rotatable bonds is 5. The fourth-order valence-corrected chi connectivity index (χ4v) is 7.17. The van der Waals surface area contributed by atoms with Crippen LogP contribution in [0.3, 0.4) is 0 Å². The number of thiophene rings is 1. The fraction of sp³-hybridized carbons (Fsp3) is 0.412. The zero-order valence-corrected chi connectivity index (χ0v) is 27.2. The summed E-state index contributed by atoms with van der Waals surface area (Å²) < 4.78 is 5.29. The smallest absolute Gasteiger partial charge is 0.264 e. The van der Waals surface area contributed by atoms with Crippen LogP contribution in [0.1, 0.15) is 58.0 Å². The van der Waals surface area contributed by atoms with Crippen LogP contribution in [0.15, 0.2) is 47.3 Å². The minimum absolute atomic E-state index is 0.0138. The number of hydrogen-bond acceptors (Lipinski definition) is 7. The van der Waals surface area contributed by atoms with Gasteiger partial charge in [-0.1, -0.05) is 30.3 Å². The number of carbonyl (C=O) groups excluding carboxylic acids is 2. The van der Waals surface area contributed by atoms with E-state index in [-0.39, 0.29) is 29.8 Å². The number of aromatic amines is 1. The number of ether oxygens (including phenoxy) is 1. The van der Waals surface area contributed by atoms with Gasteiger partial charge in [-0.25, -0.2) is 4.98 Å². The van der Waals surface area contributed by atoms with Gasteiger partial charge < -0.3 is 19.5 Å². The largest absolute Gasteiger partial charge is 0.497 e. The van der Waals surface area contributed by atoms with Crippen LogP contribution in [0.4, 0.5) is 5.69 Å². The maximum absolute atomic E-state index is 14.3. The van der Waals surface area contributed by atoms with Crippen molar-refractivity contribution in [3.05, 3.63) is 85.8 Å². The molecule has 2 aromatic carbocycles.